The highest BCUT2D eigenvalue weighted by atomic mass is 35.5. The van der Waals surface area contributed by atoms with Gasteiger partial charge in [-0.15, -0.1) is 0 Å². The third kappa shape index (κ3) is 4.49. The van der Waals surface area contributed by atoms with Gasteiger partial charge in [0.1, 0.15) is 17.3 Å². The lowest BCUT2D eigenvalue weighted by atomic mass is 10.0. The Kier molecular flexibility index (Phi) is 6.34. The molecule has 0 spiro atoms. The molecule has 0 saturated heterocycles. The van der Waals surface area contributed by atoms with E-state index in [0.717, 1.165) is 0 Å². The SMILES string of the molecule is CCCC(=O)Nc1c(-c2cccc(OC)c2)c(=O)c(C)nn1-c1cccc(Cl)c1. The number of aromatic nitrogens is 2. The van der Waals surface area contributed by atoms with Gasteiger partial charge in [0.15, 0.2) is 0 Å². The van der Waals surface area contributed by atoms with Crippen molar-refractivity contribution in [2.45, 2.75) is 26.7 Å². The molecule has 7 heteroatoms. The van der Waals surface area contributed by atoms with E-state index in [1.54, 1.807) is 61.2 Å². The number of nitrogens with zero attached hydrogens (tertiary/aromatic N) is 2. The van der Waals surface area contributed by atoms with E-state index in [2.05, 4.69) is 10.4 Å². The summed E-state index contributed by atoms with van der Waals surface area (Å²) in [6.45, 7) is 3.56. The molecule has 150 valence electrons. The van der Waals surface area contributed by atoms with E-state index >= 15 is 0 Å². The molecule has 0 aliphatic heterocycles. The number of nitrogens with one attached hydrogen (secondary N) is 1. The number of ether oxygens (including phenoxy) is 1. The summed E-state index contributed by atoms with van der Waals surface area (Å²) in [6.07, 6.45) is 1.01. The fourth-order valence-electron chi connectivity index (χ4n) is 3.02. The highest BCUT2D eigenvalue weighted by Gasteiger charge is 2.20. The van der Waals surface area contributed by atoms with Gasteiger partial charge in [-0.3, -0.25) is 9.59 Å². The number of hydrogen-bond acceptors (Lipinski definition) is 4. The molecule has 0 saturated carbocycles. The lowest BCUT2D eigenvalue weighted by molar-refractivity contribution is -0.116. The van der Waals surface area contributed by atoms with E-state index in [1.807, 2.05) is 13.0 Å². The van der Waals surface area contributed by atoms with Gasteiger partial charge in [-0.05, 0) is 49.2 Å². The molecule has 3 rings (SSSR count). The first-order valence-corrected chi connectivity index (χ1v) is 9.66. The van der Waals surface area contributed by atoms with Crippen LogP contribution >= 0.6 is 11.6 Å². The van der Waals surface area contributed by atoms with Crippen molar-refractivity contribution in [1.29, 1.82) is 0 Å². The molecule has 0 fully saturated rings. The van der Waals surface area contributed by atoms with Crippen molar-refractivity contribution in [2.75, 3.05) is 12.4 Å². The average Bonchev–Trinajstić information content (AvgIpc) is 2.71. The molecule has 3 aromatic rings. The third-order valence-corrected chi connectivity index (χ3v) is 4.64. The molecule has 0 radical (unpaired) electrons. The predicted octanol–water partition coefficient (Wildman–Crippen LogP) is 4.61. The first-order chi connectivity index (χ1) is 13.9. The molecule has 1 aromatic heterocycles. The van der Waals surface area contributed by atoms with Crippen LogP contribution in [0.3, 0.4) is 0 Å². The Morgan fingerprint density at radius 3 is 2.66 bits per heavy atom. The minimum absolute atomic E-state index is 0.197. The number of carbonyl (C=O) groups is 1. The lowest BCUT2D eigenvalue weighted by Crippen LogP contribution is -2.24. The van der Waals surface area contributed by atoms with Crippen molar-refractivity contribution < 1.29 is 9.53 Å². The van der Waals surface area contributed by atoms with Crippen LogP contribution in [0.2, 0.25) is 5.02 Å². The number of methoxy groups -OCH3 is 1. The van der Waals surface area contributed by atoms with Gasteiger partial charge in [0.2, 0.25) is 11.3 Å². The van der Waals surface area contributed by atoms with Crippen molar-refractivity contribution >= 4 is 23.3 Å². The van der Waals surface area contributed by atoms with E-state index in [1.165, 1.54) is 0 Å². The van der Waals surface area contributed by atoms with Crippen molar-refractivity contribution in [3.63, 3.8) is 0 Å². The normalized spacial score (nSPS) is 10.6. The van der Waals surface area contributed by atoms with Crippen LogP contribution in [-0.4, -0.2) is 22.8 Å². The van der Waals surface area contributed by atoms with Gasteiger partial charge < -0.3 is 10.1 Å². The molecule has 1 N–H and O–H groups in total. The van der Waals surface area contributed by atoms with E-state index in [0.29, 0.717) is 51.9 Å². The van der Waals surface area contributed by atoms with E-state index in [4.69, 9.17) is 16.3 Å². The summed E-state index contributed by atoms with van der Waals surface area (Å²) >= 11 is 6.16. The number of rotatable bonds is 6. The number of hydrogen-bond donors (Lipinski definition) is 1. The second kappa shape index (κ2) is 8.92. The largest absolute Gasteiger partial charge is 0.497 e. The first-order valence-electron chi connectivity index (χ1n) is 9.28. The zero-order valence-electron chi connectivity index (χ0n) is 16.5. The fraction of sp³-hybridized carbons (Fsp3) is 0.227. The van der Waals surface area contributed by atoms with Crippen molar-refractivity contribution in [3.05, 3.63) is 69.5 Å². The van der Waals surface area contributed by atoms with Gasteiger partial charge in [-0.2, -0.15) is 5.10 Å². The van der Waals surface area contributed by atoms with Crippen LogP contribution < -0.4 is 15.5 Å². The molecule has 1 heterocycles. The van der Waals surface area contributed by atoms with Crippen LogP contribution in [0.15, 0.2) is 53.3 Å². The van der Waals surface area contributed by atoms with Crippen LogP contribution in [-0.2, 0) is 4.79 Å². The molecule has 6 nitrogen and oxygen atoms in total. The second-order valence-corrected chi connectivity index (χ2v) is 7.00. The Balaban J connectivity index is 2.32. The third-order valence-electron chi connectivity index (χ3n) is 4.40. The standard InChI is InChI=1S/C22H22ClN3O3/c1-4-7-19(27)24-22-20(15-8-5-11-18(12-15)29-3)21(28)14(2)25-26(22)17-10-6-9-16(23)13-17/h5-6,8-13H,4,7H2,1-3H3,(H,24,27). The first kappa shape index (κ1) is 20.6. The molecular formula is C22H22ClN3O3. The summed E-state index contributed by atoms with van der Waals surface area (Å²) < 4.78 is 6.85. The number of anilines is 1. The number of aryl methyl sites for hydroxylation is 1. The maximum absolute atomic E-state index is 13.1. The summed E-state index contributed by atoms with van der Waals surface area (Å²) in [5.74, 6) is 0.712. The maximum Gasteiger partial charge on any atom is 0.225 e. The van der Waals surface area contributed by atoms with Gasteiger partial charge in [-0.1, -0.05) is 36.7 Å². The fourth-order valence-corrected chi connectivity index (χ4v) is 3.20. The average molecular weight is 412 g/mol. The smallest absolute Gasteiger partial charge is 0.225 e. The summed E-state index contributed by atoms with van der Waals surface area (Å²) in [4.78, 5) is 25.5. The highest BCUT2D eigenvalue weighted by Crippen LogP contribution is 2.30. The molecule has 0 aliphatic carbocycles. The molecule has 0 unspecified atom stereocenters. The molecular weight excluding hydrogens is 390 g/mol. The molecule has 0 atom stereocenters. The zero-order chi connectivity index (χ0) is 21.0. The number of carbonyl (C=O) groups excluding carboxylic acids is 1. The summed E-state index contributed by atoms with van der Waals surface area (Å²) in [5.41, 5.74) is 1.65. The van der Waals surface area contributed by atoms with Crippen molar-refractivity contribution in [3.8, 4) is 22.6 Å². The second-order valence-electron chi connectivity index (χ2n) is 6.56. The Labute approximate surface area is 174 Å². The molecule has 1 amide bonds. The minimum atomic E-state index is -0.261. The number of amides is 1. The van der Waals surface area contributed by atoms with Crippen LogP contribution in [0.5, 0.6) is 5.75 Å². The van der Waals surface area contributed by atoms with Gasteiger partial charge in [0.25, 0.3) is 0 Å². The number of benzene rings is 2. The molecule has 0 aliphatic rings. The van der Waals surface area contributed by atoms with Gasteiger partial charge in [0, 0.05) is 11.4 Å². The van der Waals surface area contributed by atoms with E-state index in [-0.39, 0.29) is 11.3 Å². The van der Waals surface area contributed by atoms with E-state index < -0.39 is 0 Å². The van der Waals surface area contributed by atoms with Crippen LogP contribution in [0.1, 0.15) is 25.5 Å². The van der Waals surface area contributed by atoms with Crippen LogP contribution in [0.25, 0.3) is 16.8 Å². The predicted molar refractivity (Wildman–Crippen MR) is 115 cm³/mol. The van der Waals surface area contributed by atoms with Crippen molar-refractivity contribution in [1.82, 2.24) is 9.78 Å². The van der Waals surface area contributed by atoms with Crippen LogP contribution in [0, 0.1) is 6.92 Å². The van der Waals surface area contributed by atoms with Gasteiger partial charge in [0.05, 0.1) is 18.4 Å². The maximum atomic E-state index is 13.1. The zero-order valence-corrected chi connectivity index (χ0v) is 17.3. The Morgan fingerprint density at radius 1 is 1.21 bits per heavy atom. The topological polar surface area (TPSA) is 73.2 Å². The summed E-state index contributed by atoms with van der Waals surface area (Å²) in [7, 11) is 1.56. The number of halogens is 1. The lowest BCUT2D eigenvalue weighted by Gasteiger charge is -2.18. The summed E-state index contributed by atoms with van der Waals surface area (Å²) in [6, 6.07) is 14.2. The van der Waals surface area contributed by atoms with Crippen LogP contribution in [0.4, 0.5) is 5.82 Å². The van der Waals surface area contributed by atoms with Gasteiger partial charge in [-0.25, -0.2) is 4.68 Å². The molecule has 0 bridgehead atoms. The Morgan fingerprint density at radius 2 is 1.97 bits per heavy atom. The summed E-state index contributed by atoms with van der Waals surface area (Å²) in [5, 5.41) is 7.83. The van der Waals surface area contributed by atoms with E-state index in [9.17, 15) is 9.59 Å². The van der Waals surface area contributed by atoms with Gasteiger partial charge >= 0.3 is 0 Å². The Bertz CT molecular complexity index is 1110. The Hall–Kier alpha value is -3.12. The monoisotopic (exact) mass is 411 g/mol. The highest BCUT2D eigenvalue weighted by molar-refractivity contribution is 6.30. The molecule has 2 aromatic carbocycles. The molecule has 29 heavy (non-hydrogen) atoms. The quantitative estimate of drug-likeness (QED) is 0.642. The van der Waals surface area contributed by atoms with Crippen molar-refractivity contribution in [2.24, 2.45) is 0 Å². The minimum Gasteiger partial charge on any atom is -0.497 e.